The number of hydrogen-bond donors (Lipinski definition) is 2. The third kappa shape index (κ3) is 4.31. The zero-order valence-corrected chi connectivity index (χ0v) is 21.3. The van der Waals surface area contributed by atoms with Crippen LogP contribution in [0.4, 0.5) is 14.5 Å². The first-order valence-electron chi connectivity index (χ1n) is 11.7. The number of anilines is 1. The van der Waals surface area contributed by atoms with E-state index in [-0.39, 0.29) is 40.3 Å². The number of aromatic nitrogens is 4. The topological polar surface area (TPSA) is 111 Å². The van der Waals surface area contributed by atoms with Crippen molar-refractivity contribution in [3.8, 4) is 22.1 Å². The number of benzene rings is 1. The number of nitrogens with zero attached hydrogens (tertiary/aromatic N) is 4. The van der Waals surface area contributed by atoms with Gasteiger partial charge in [-0.1, -0.05) is 12.1 Å². The molecule has 38 heavy (non-hydrogen) atoms. The Morgan fingerprint density at radius 2 is 1.89 bits per heavy atom. The van der Waals surface area contributed by atoms with Crippen molar-refractivity contribution in [2.24, 2.45) is 0 Å². The number of ether oxygens (including phenoxy) is 1. The molecule has 5 rings (SSSR count). The van der Waals surface area contributed by atoms with Crippen LogP contribution in [0, 0.1) is 0 Å². The van der Waals surface area contributed by atoms with E-state index in [1.165, 1.54) is 25.3 Å². The number of allylic oxidation sites excluding steroid dienone is 4. The van der Waals surface area contributed by atoms with Crippen LogP contribution in [0.1, 0.15) is 18.4 Å². The molecule has 1 aromatic carbocycles. The fraction of sp³-hybridized carbons (Fsp3) is 0.231. The summed E-state index contributed by atoms with van der Waals surface area (Å²) in [6.45, 7) is -0.951. The first kappa shape index (κ1) is 25.5. The van der Waals surface area contributed by atoms with E-state index in [0.717, 1.165) is 26.2 Å². The van der Waals surface area contributed by atoms with Gasteiger partial charge in [0.2, 0.25) is 5.88 Å². The average molecular weight is 540 g/mol. The van der Waals surface area contributed by atoms with Crippen LogP contribution in [0.15, 0.2) is 69.3 Å². The summed E-state index contributed by atoms with van der Waals surface area (Å²) in [6.07, 6.45) is 1.50. The minimum Gasteiger partial charge on any atom is -0.480 e. The molecule has 0 unspecified atom stereocenters. The standard InChI is InChI=1S/C26H23F2N5O4S/c1-29-15-8-6-14(7-9-15)23-17(13-34)22-24(35)33(20-10-11-21(37-2)31-30-20)26(36)32(25(22)38-23)12-16-18(27)4-3-5-19(16)28/h4,6-11,29,34H,3,5,12-13H2,1-2H3. The van der Waals surface area contributed by atoms with Crippen molar-refractivity contribution in [1.82, 2.24) is 19.3 Å². The predicted octanol–water partition coefficient (Wildman–Crippen LogP) is 4.08. The normalized spacial score (nSPS) is 13.7. The number of nitrogens with one attached hydrogen (secondary N) is 1. The summed E-state index contributed by atoms with van der Waals surface area (Å²) in [5, 5.41) is 21.2. The molecule has 0 saturated heterocycles. The maximum Gasteiger partial charge on any atom is 0.338 e. The number of methoxy groups -OCH3 is 1. The minimum atomic E-state index is -0.844. The summed E-state index contributed by atoms with van der Waals surface area (Å²) >= 11 is 1.10. The number of aliphatic hydroxyl groups excluding tert-OH is 1. The maximum atomic E-state index is 14.7. The fourth-order valence-corrected chi connectivity index (χ4v) is 5.67. The Bertz CT molecular complexity index is 1700. The van der Waals surface area contributed by atoms with Gasteiger partial charge in [-0.15, -0.1) is 21.5 Å². The molecule has 0 spiro atoms. The SMILES string of the molecule is CNc1ccc(-c2sc3c(c2CO)c(=O)n(-c2ccc(OC)nn2)c(=O)n3CC2=C(F)CCC=C2F)cc1. The van der Waals surface area contributed by atoms with Gasteiger partial charge in [0.15, 0.2) is 5.82 Å². The first-order chi connectivity index (χ1) is 18.4. The predicted molar refractivity (Wildman–Crippen MR) is 141 cm³/mol. The second-order valence-corrected chi connectivity index (χ2v) is 9.49. The van der Waals surface area contributed by atoms with Gasteiger partial charge in [0.1, 0.15) is 16.5 Å². The number of fused-ring (bicyclic) bond motifs is 1. The van der Waals surface area contributed by atoms with Gasteiger partial charge in [-0.05, 0) is 36.3 Å². The van der Waals surface area contributed by atoms with Gasteiger partial charge < -0.3 is 15.2 Å². The molecule has 3 aromatic heterocycles. The molecule has 196 valence electrons. The zero-order valence-electron chi connectivity index (χ0n) is 20.5. The minimum absolute atomic E-state index is 0.0135. The Morgan fingerprint density at radius 3 is 2.50 bits per heavy atom. The molecule has 4 aromatic rings. The highest BCUT2D eigenvalue weighted by Gasteiger charge is 2.26. The van der Waals surface area contributed by atoms with Crippen molar-refractivity contribution >= 4 is 27.2 Å². The lowest BCUT2D eigenvalue weighted by Crippen LogP contribution is -2.39. The van der Waals surface area contributed by atoms with E-state index in [0.29, 0.717) is 16.0 Å². The van der Waals surface area contributed by atoms with Gasteiger partial charge in [0.05, 0.1) is 25.6 Å². The molecular weight excluding hydrogens is 516 g/mol. The highest BCUT2D eigenvalue weighted by molar-refractivity contribution is 7.22. The van der Waals surface area contributed by atoms with Gasteiger partial charge >= 0.3 is 5.69 Å². The average Bonchev–Trinajstić information content (AvgIpc) is 3.33. The van der Waals surface area contributed by atoms with Gasteiger partial charge in [-0.3, -0.25) is 9.36 Å². The highest BCUT2D eigenvalue weighted by Crippen LogP contribution is 2.38. The molecule has 0 atom stereocenters. The third-order valence-corrected chi connectivity index (χ3v) is 7.65. The van der Waals surface area contributed by atoms with E-state index in [1.807, 2.05) is 24.3 Å². The van der Waals surface area contributed by atoms with E-state index in [9.17, 15) is 23.5 Å². The number of halogens is 2. The van der Waals surface area contributed by atoms with Crippen LogP contribution in [0.25, 0.3) is 26.5 Å². The molecule has 1 aliphatic carbocycles. The number of rotatable bonds is 7. The summed E-state index contributed by atoms with van der Waals surface area (Å²) in [4.78, 5) is 28.3. The van der Waals surface area contributed by atoms with Gasteiger partial charge in [-0.2, -0.15) is 0 Å². The van der Waals surface area contributed by atoms with E-state index in [1.54, 1.807) is 7.05 Å². The Balaban J connectivity index is 1.83. The third-order valence-electron chi connectivity index (χ3n) is 6.35. The molecule has 1 aliphatic rings. The lowest BCUT2D eigenvalue weighted by molar-refractivity contribution is 0.284. The number of aliphatic hydroxyl groups is 1. The molecule has 0 radical (unpaired) electrons. The summed E-state index contributed by atoms with van der Waals surface area (Å²) < 4.78 is 36.4. The Kier molecular flexibility index (Phi) is 6.91. The summed E-state index contributed by atoms with van der Waals surface area (Å²) in [5.74, 6) is -1.34. The van der Waals surface area contributed by atoms with Crippen LogP contribution >= 0.6 is 11.3 Å². The Labute approximate surface area is 219 Å². The molecule has 0 amide bonds. The number of hydrogen-bond acceptors (Lipinski definition) is 8. The van der Waals surface area contributed by atoms with E-state index in [2.05, 4.69) is 15.5 Å². The summed E-state index contributed by atoms with van der Waals surface area (Å²) in [7, 11) is 3.18. The van der Waals surface area contributed by atoms with Gasteiger partial charge in [-0.25, -0.2) is 18.1 Å². The van der Waals surface area contributed by atoms with Crippen LogP contribution in [0.5, 0.6) is 5.88 Å². The van der Waals surface area contributed by atoms with Crippen molar-refractivity contribution in [3.05, 3.63) is 86.1 Å². The summed E-state index contributed by atoms with van der Waals surface area (Å²) in [6, 6.07) is 10.1. The van der Waals surface area contributed by atoms with Gasteiger partial charge in [0.25, 0.3) is 5.56 Å². The molecule has 9 nitrogen and oxygen atoms in total. The van der Waals surface area contributed by atoms with E-state index < -0.39 is 36.1 Å². The van der Waals surface area contributed by atoms with Crippen LogP contribution in [0.3, 0.4) is 0 Å². The van der Waals surface area contributed by atoms with E-state index >= 15 is 0 Å². The van der Waals surface area contributed by atoms with E-state index in [4.69, 9.17) is 4.74 Å². The quantitative estimate of drug-likeness (QED) is 0.364. The highest BCUT2D eigenvalue weighted by atomic mass is 32.1. The summed E-state index contributed by atoms with van der Waals surface area (Å²) in [5.41, 5.74) is 0.0313. The molecule has 3 heterocycles. The van der Waals surface area contributed by atoms with Crippen molar-refractivity contribution in [1.29, 1.82) is 0 Å². The second kappa shape index (κ2) is 10.3. The molecule has 12 heteroatoms. The second-order valence-electron chi connectivity index (χ2n) is 8.49. The van der Waals surface area contributed by atoms with Gasteiger partial charge in [0, 0.05) is 41.2 Å². The van der Waals surface area contributed by atoms with Crippen LogP contribution < -0.4 is 21.3 Å². The van der Waals surface area contributed by atoms with Crippen LogP contribution in [-0.2, 0) is 13.2 Å². The zero-order chi connectivity index (χ0) is 27.0. The smallest absolute Gasteiger partial charge is 0.338 e. The molecule has 0 saturated carbocycles. The van der Waals surface area contributed by atoms with Crippen LogP contribution in [0.2, 0.25) is 0 Å². The molecule has 0 fully saturated rings. The fourth-order valence-electron chi connectivity index (χ4n) is 4.37. The maximum absolute atomic E-state index is 14.7. The van der Waals surface area contributed by atoms with Crippen LogP contribution in [-0.4, -0.2) is 38.6 Å². The Hall–Kier alpha value is -4.16. The molecule has 0 bridgehead atoms. The molecule has 2 N–H and O–H groups in total. The van der Waals surface area contributed by atoms with Crippen molar-refractivity contribution in [2.75, 3.05) is 19.5 Å². The Morgan fingerprint density at radius 1 is 1.13 bits per heavy atom. The first-order valence-corrected chi connectivity index (χ1v) is 12.5. The lowest BCUT2D eigenvalue weighted by Gasteiger charge is -2.16. The largest absolute Gasteiger partial charge is 0.480 e. The molecular formula is C26H23F2N5O4S. The van der Waals surface area contributed by atoms with Crippen molar-refractivity contribution in [3.63, 3.8) is 0 Å². The van der Waals surface area contributed by atoms with Crippen molar-refractivity contribution in [2.45, 2.75) is 26.0 Å². The lowest BCUT2D eigenvalue weighted by atomic mass is 10.0. The van der Waals surface area contributed by atoms with Crippen molar-refractivity contribution < 1.29 is 18.6 Å². The number of thiophene rings is 1. The monoisotopic (exact) mass is 539 g/mol. The molecule has 0 aliphatic heterocycles.